The molecule has 10 heteroatoms. The first-order valence-electron chi connectivity index (χ1n) is 9.87. The molecule has 1 rings (SSSR count). The van der Waals surface area contributed by atoms with Gasteiger partial charge in [0.05, 0.1) is 6.54 Å². The van der Waals surface area contributed by atoms with E-state index < -0.39 is 23.2 Å². The van der Waals surface area contributed by atoms with Crippen LogP contribution in [0.4, 0.5) is 16.3 Å². The van der Waals surface area contributed by atoms with Gasteiger partial charge in [-0.05, 0) is 17.8 Å². The minimum absolute atomic E-state index is 0.00478. The Kier molecular flexibility index (Phi) is 8.93. The van der Waals surface area contributed by atoms with E-state index in [1.54, 1.807) is 0 Å². The highest BCUT2D eigenvalue weighted by Crippen LogP contribution is 2.18. The Bertz CT molecular complexity index is 825. The van der Waals surface area contributed by atoms with Crippen LogP contribution in [0.25, 0.3) is 0 Å². The molecule has 0 bridgehead atoms. The number of nitrogens with one attached hydrogen (secondary N) is 3. The van der Waals surface area contributed by atoms with Crippen molar-refractivity contribution in [2.24, 2.45) is 17.8 Å². The van der Waals surface area contributed by atoms with Crippen LogP contribution in [0.5, 0.6) is 0 Å². The largest absolute Gasteiger partial charge is 0.383 e. The van der Waals surface area contributed by atoms with Crippen LogP contribution in [0, 0.1) is 17.8 Å². The van der Waals surface area contributed by atoms with Gasteiger partial charge in [0, 0.05) is 19.6 Å². The number of anilines is 2. The smallest absolute Gasteiger partial charge is 0.330 e. The Morgan fingerprint density at radius 2 is 1.69 bits per heavy atom. The maximum atomic E-state index is 12.5. The second kappa shape index (κ2) is 10.7. The van der Waals surface area contributed by atoms with E-state index >= 15 is 0 Å². The van der Waals surface area contributed by atoms with Crippen LogP contribution >= 0.6 is 0 Å². The standard InChI is InChI=1S/C19H34N6O4/c1-11(2)7-21-18(28)22-14(26)10-24(8-12(3)4)15-16(20)25(9-13(5)6)19(29)23-17(15)27/h11-13H,7-10,20H2,1-6H3,(H,23,27,29)(H2,21,22,26,28). The SMILES string of the molecule is CC(C)CNC(=O)NC(=O)CN(CC(C)C)c1c(N)n(CC(C)C)c(=O)[nH]c1=O. The van der Waals surface area contributed by atoms with Gasteiger partial charge in [-0.3, -0.25) is 24.5 Å². The van der Waals surface area contributed by atoms with E-state index in [0.29, 0.717) is 19.6 Å². The average Bonchev–Trinajstić information content (AvgIpc) is 2.55. The number of urea groups is 1. The molecule has 0 fully saturated rings. The van der Waals surface area contributed by atoms with E-state index in [1.165, 1.54) is 9.47 Å². The monoisotopic (exact) mass is 410 g/mol. The number of hydrogen-bond donors (Lipinski definition) is 4. The van der Waals surface area contributed by atoms with E-state index in [2.05, 4.69) is 15.6 Å². The van der Waals surface area contributed by atoms with Gasteiger partial charge in [0.2, 0.25) is 5.91 Å². The maximum absolute atomic E-state index is 12.5. The lowest BCUT2D eigenvalue weighted by Crippen LogP contribution is -2.48. The van der Waals surface area contributed by atoms with Crippen molar-refractivity contribution in [2.75, 3.05) is 30.3 Å². The van der Waals surface area contributed by atoms with Crippen molar-refractivity contribution in [3.8, 4) is 0 Å². The van der Waals surface area contributed by atoms with Crippen molar-refractivity contribution in [1.29, 1.82) is 0 Å². The number of amides is 3. The molecular formula is C19H34N6O4. The predicted octanol–water partition coefficient (Wildman–Crippen LogP) is 0.719. The molecular weight excluding hydrogens is 376 g/mol. The highest BCUT2D eigenvalue weighted by atomic mass is 16.2. The number of aromatic amines is 1. The van der Waals surface area contributed by atoms with Crippen molar-refractivity contribution in [1.82, 2.24) is 20.2 Å². The van der Waals surface area contributed by atoms with Crippen molar-refractivity contribution in [2.45, 2.75) is 48.1 Å². The number of rotatable bonds is 9. The van der Waals surface area contributed by atoms with Gasteiger partial charge >= 0.3 is 11.7 Å². The number of nitrogens with two attached hydrogens (primary N) is 1. The van der Waals surface area contributed by atoms with Crippen molar-refractivity contribution in [3.63, 3.8) is 0 Å². The summed E-state index contributed by atoms with van der Waals surface area (Å²) in [5.41, 5.74) is 4.96. The molecule has 0 saturated heterocycles. The molecule has 164 valence electrons. The second-order valence-electron chi connectivity index (χ2n) is 8.42. The lowest BCUT2D eigenvalue weighted by atomic mass is 10.2. The van der Waals surface area contributed by atoms with Gasteiger partial charge in [-0.1, -0.05) is 41.5 Å². The van der Waals surface area contributed by atoms with Gasteiger partial charge in [-0.2, -0.15) is 0 Å². The molecule has 0 aliphatic carbocycles. The Hall–Kier alpha value is -2.78. The van der Waals surface area contributed by atoms with Gasteiger partial charge < -0.3 is 16.0 Å². The minimum atomic E-state index is -0.662. The van der Waals surface area contributed by atoms with Crippen molar-refractivity contribution < 1.29 is 9.59 Å². The quantitative estimate of drug-likeness (QED) is 0.472. The van der Waals surface area contributed by atoms with E-state index in [-0.39, 0.29) is 35.8 Å². The normalized spacial score (nSPS) is 11.2. The number of H-pyrrole nitrogens is 1. The van der Waals surface area contributed by atoms with E-state index in [9.17, 15) is 19.2 Å². The first-order valence-corrected chi connectivity index (χ1v) is 9.87. The molecule has 0 spiro atoms. The maximum Gasteiger partial charge on any atom is 0.330 e. The zero-order valence-corrected chi connectivity index (χ0v) is 18.2. The summed E-state index contributed by atoms with van der Waals surface area (Å²) in [4.78, 5) is 52.7. The zero-order chi connectivity index (χ0) is 22.3. The molecule has 29 heavy (non-hydrogen) atoms. The summed E-state index contributed by atoms with van der Waals surface area (Å²) in [7, 11) is 0. The second-order valence-corrected chi connectivity index (χ2v) is 8.42. The molecule has 0 radical (unpaired) electrons. The summed E-state index contributed by atoms with van der Waals surface area (Å²) in [6.45, 7) is 12.4. The molecule has 0 atom stereocenters. The van der Waals surface area contributed by atoms with Crippen molar-refractivity contribution >= 4 is 23.4 Å². The van der Waals surface area contributed by atoms with Crippen LogP contribution in [-0.2, 0) is 11.3 Å². The fourth-order valence-corrected chi connectivity index (χ4v) is 2.79. The Balaban J connectivity index is 3.16. The third-order valence-electron chi connectivity index (χ3n) is 3.92. The van der Waals surface area contributed by atoms with Crippen LogP contribution in [-0.4, -0.2) is 41.1 Å². The van der Waals surface area contributed by atoms with Crippen LogP contribution in [0.15, 0.2) is 9.59 Å². The van der Waals surface area contributed by atoms with E-state index in [4.69, 9.17) is 5.73 Å². The number of nitrogen functional groups attached to an aromatic ring is 1. The van der Waals surface area contributed by atoms with E-state index in [1.807, 2.05) is 41.5 Å². The number of imide groups is 1. The molecule has 1 aromatic rings. The summed E-state index contributed by atoms with van der Waals surface area (Å²) in [5.74, 6) is -0.103. The Morgan fingerprint density at radius 3 is 2.21 bits per heavy atom. The minimum Gasteiger partial charge on any atom is -0.383 e. The first kappa shape index (κ1) is 24.3. The average molecular weight is 411 g/mol. The van der Waals surface area contributed by atoms with Crippen molar-refractivity contribution in [3.05, 3.63) is 20.8 Å². The van der Waals surface area contributed by atoms with Crippen LogP contribution in [0.1, 0.15) is 41.5 Å². The third-order valence-corrected chi connectivity index (χ3v) is 3.92. The van der Waals surface area contributed by atoms with Gasteiger partial charge in [-0.25, -0.2) is 9.59 Å². The summed E-state index contributed by atoms with van der Waals surface area (Å²) >= 11 is 0. The van der Waals surface area contributed by atoms with Gasteiger partial charge in [0.15, 0.2) is 0 Å². The Morgan fingerprint density at radius 1 is 1.07 bits per heavy atom. The molecule has 0 aromatic carbocycles. The summed E-state index contributed by atoms with van der Waals surface area (Å²) in [6, 6.07) is -0.597. The van der Waals surface area contributed by atoms with Crippen LogP contribution in [0.2, 0.25) is 0 Å². The molecule has 0 aliphatic rings. The molecule has 0 unspecified atom stereocenters. The lowest BCUT2D eigenvalue weighted by Gasteiger charge is -2.27. The van der Waals surface area contributed by atoms with Gasteiger partial charge in [0.25, 0.3) is 5.56 Å². The summed E-state index contributed by atoms with van der Waals surface area (Å²) in [5, 5.41) is 4.85. The van der Waals surface area contributed by atoms with Crippen LogP contribution < -0.4 is 32.5 Å². The summed E-state index contributed by atoms with van der Waals surface area (Å²) in [6.07, 6.45) is 0. The van der Waals surface area contributed by atoms with Gasteiger partial charge in [0.1, 0.15) is 11.5 Å². The highest BCUT2D eigenvalue weighted by molar-refractivity contribution is 5.96. The molecule has 1 heterocycles. The third kappa shape index (κ3) is 7.63. The molecule has 0 aliphatic heterocycles. The molecule has 0 saturated carbocycles. The topological polar surface area (TPSA) is 142 Å². The molecule has 5 N–H and O–H groups in total. The Labute approximate surface area is 170 Å². The fraction of sp³-hybridized carbons (Fsp3) is 0.684. The van der Waals surface area contributed by atoms with E-state index in [0.717, 1.165) is 0 Å². The number of carbonyl (C=O) groups is 2. The molecule has 10 nitrogen and oxygen atoms in total. The predicted molar refractivity (Wildman–Crippen MR) is 114 cm³/mol. The fourth-order valence-electron chi connectivity index (χ4n) is 2.79. The number of hydrogen-bond acceptors (Lipinski definition) is 6. The lowest BCUT2D eigenvalue weighted by molar-refractivity contribution is -0.118. The number of nitrogens with zero attached hydrogens (tertiary/aromatic N) is 2. The summed E-state index contributed by atoms with van der Waals surface area (Å²) < 4.78 is 1.29. The number of aromatic nitrogens is 2. The number of carbonyl (C=O) groups excluding carboxylic acids is 2. The van der Waals surface area contributed by atoms with Crippen LogP contribution in [0.3, 0.4) is 0 Å². The molecule has 3 amide bonds. The highest BCUT2D eigenvalue weighted by Gasteiger charge is 2.23. The van der Waals surface area contributed by atoms with Gasteiger partial charge in [-0.15, -0.1) is 0 Å². The molecule has 1 aromatic heterocycles. The first-order chi connectivity index (χ1) is 13.4. The zero-order valence-electron chi connectivity index (χ0n) is 18.2.